The van der Waals surface area contributed by atoms with E-state index in [-0.39, 0.29) is 11.7 Å². The molecule has 1 aromatic carbocycles. The van der Waals surface area contributed by atoms with Crippen LogP contribution in [0.3, 0.4) is 0 Å². The zero-order valence-corrected chi connectivity index (χ0v) is 16.1. The van der Waals surface area contributed by atoms with Gasteiger partial charge in [-0.2, -0.15) is 4.52 Å². The van der Waals surface area contributed by atoms with Crippen molar-refractivity contribution in [2.75, 3.05) is 5.75 Å². The van der Waals surface area contributed by atoms with E-state index in [2.05, 4.69) is 25.9 Å². The van der Waals surface area contributed by atoms with Crippen LogP contribution in [0.25, 0.3) is 16.6 Å². The predicted molar refractivity (Wildman–Crippen MR) is 107 cm³/mol. The average molecular weight is 405 g/mol. The molecule has 1 atom stereocenters. The number of aromatic nitrogens is 5. The molecule has 4 aromatic rings. The third kappa shape index (κ3) is 2.97. The van der Waals surface area contributed by atoms with Crippen molar-refractivity contribution in [2.45, 2.75) is 12.3 Å². The highest BCUT2D eigenvalue weighted by molar-refractivity contribution is 8.00. The maximum atomic E-state index is 12.6. The van der Waals surface area contributed by atoms with Gasteiger partial charge in [0, 0.05) is 23.3 Å². The number of nitrogens with zero attached hydrogens (tertiary/aromatic N) is 6. The quantitative estimate of drug-likeness (QED) is 0.555. The average Bonchev–Trinajstić information content (AvgIpc) is 3.36. The summed E-state index contributed by atoms with van der Waals surface area (Å²) < 4.78 is 1.66. The monoisotopic (exact) mass is 405 g/mol. The molecule has 5 rings (SSSR count). The molecule has 29 heavy (non-hydrogen) atoms. The van der Waals surface area contributed by atoms with Crippen LogP contribution in [0.4, 0.5) is 0 Å². The molecule has 1 aliphatic heterocycles. The lowest BCUT2D eigenvalue weighted by molar-refractivity contribution is -0.130. The second-order valence-corrected chi connectivity index (χ2v) is 7.75. The van der Waals surface area contributed by atoms with Crippen molar-refractivity contribution in [3.63, 3.8) is 0 Å². The molecule has 0 saturated carbocycles. The van der Waals surface area contributed by atoms with Gasteiger partial charge in [0.05, 0.1) is 16.8 Å². The first-order valence-corrected chi connectivity index (χ1v) is 9.93. The standard InChI is InChI=1S/C19H15N7O2S/c1-11-4-5-15-13(7-11)8-14(17-21-23-24-25(15)17)19-26(16(27)10-29-19)22-18(28)12-3-2-6-20-9-12/h2-9,19H,10H2,1H3,(H,22,28). The number of hydrogen-bond acceptors (Lipinski definition) is 7. The Hall–Kier alpha value is -3.53. The Labute approximate surface area is 169 Å². The molecule has 1 saturated heterocycles. The van der Waals surface area contributed by atoms with E-state index in [1.807, 2.05) is 31.2 Å². The summed E-state index contributed by atoms with van der Waals surface area (Å²) in [6.45, 7) is 2.01. The first-order valence-electron chi connectivity index (χ1n) is 8.88. The SMILES string of the molecule is Cc1ccc2c(c1)cc(C1SCC(=O)N1NC(=O)c1cccnc1)c1nnnn12. The molecule has 0 radical (unpaired) electrons. The van der Waals surface area contributed by atoms with E-state index in [9.17, 15) is 9.59 Å². The fourth-order valence-corrected chi connectivity index (χ4v) is 4.48. The van der Waals surface area contributed by atoms with Crippen molar-refractivity contribution in [1.82, 2.24) is 35.5 Å². The molecule has 1 aliphatic rings. The Morgan fingerprint density at radius 2 is 2.17 bits per heavy atom. The fraction of sp³-hybridized carbons (Fsp3) is 0.158. The number of fused-ring (bicyclic) bond motifs is 3. The second-order valence-electron chi connectivity index (χ2n) is 6.69. The van der Waals surface area contributed by atoms with Crippen molar-refractivity contribution in [2.24, 2.45) is 0 Å². The van der Waals surface area contributed by atoms with Crippen LogP contribution in [0.15, 0.2) is 48.8 Å². The van der Waals surface area contributed by atoms with Crippen LogP contribution in [0.2, 0.25) is 0 Å². The second kappa shape index (κ2) is 6.82. The number of benzene rings is 1. The van der Waals surface area contributed by atoms with E-state index >= 15 is 0 Å². The van der Waals surface area contributed by atoms with Crippen LogP contribution in [0.5, 0.6) is 0 Å². The van der Waals surface area contributed by atoms with Gasteiger partial charge in [-0.1, -0.05) is 11.6 Å². The van der Waals surface area contributed by atoms with E-state index in [1.54, 1.807) is 22.8 Å². The number of carbonyl (C=O) groups excluding carboxylic acids is 2. The lowest BCUT2D eigenvalue weighted by Crippen LogP contribution is -2.44. The van der Waals surface area contributed by atoms with Gasteiger partial charge in [-0.25, -0.2) is 5.01 Å². The van der Waals surface area contributed by atoms with Crippen LogP contribution < -0.4 is 5.43 Å². The minimum absolute atomic E-state index is 0.188. The number of pyridine rings is 2. The summed E-state index contributed by atoms with van der Waals surface area (Å²) in [6, 6.07) is 11.3. The minimum Gasteiger partial charge on any atom is -0.272 e. The van der Waals surface area contributed by atoms with Crippen LogP contribution in [-0.4, -0.2) is 47.6 Å². The molecule has 0 spiro atoms. The van der Waals surface area contributed by atoms with Crippen molar-refractivity contribution in [3.05, 3.63) is 65.5 Å². The Kier molecular flexibility index (Phi) is 4.13. The van der Waals surface area contributed by atoms with Gasteiger partial charge in [-0.15, -0.1) is 16.9 Å². The first-order chi connectivity index (χ1) is 14.1. The number of tetrazole rings is 1. The number of hydrogen-bond donors (Lipinski definition) is 1. The first kappa shape index (κ1) is 17.6. The zero-order chi connectivity index (χ0) is 20.0. The summed E-state index contributed by atoms with van der Waals surface area (Å²) >= 11 is 1.42. The summed E-state index contributed by atoms with van der Waals surface area (Å²) in [5.74, 6) is -0.337. The predicted octanol–water partition coefficient (Wildman–Crippen LogP) is 1.90. The van der Waals surface area contributed by atoms with Gasteiger partial charge in [0.1, 0.15) is 5.37 Å². The van der Waals surface area contributed by atoms with Gasteiger partial charge in [-0.3, -0.25) is 20.0 Å². The van der Waals surface area contributed by atoms with Gasteiger partial charge in [0.15, 0.2) is 5.65 Å². The minimum atomic E-state index is -0.443. The largest absolute Gasteiger partial charge is 0.272 e. The lowest BCUT2D eigenvalue weighted by atomic mass is 10.1. The molecular weight excluding hydrogens is 390 g/mol. The van der Waals surface area contributed by atoms with E-state index in [0.717, 1.165) is 22.0 Å². The van der Waals surface area contributed by atoms with Crippen LogP contribution in [-0.2, 0) is 4.79 Å². The summed E-state index contributed by atoms with van der Waals surface area (Å²) in [5.41, 5.74) is 6.38. The van der Waals surface area contributed by atoms with E-state index in [1.165, 1.54) is 23.0 Å². The van der Waals surface area contributed by atoms with E-state index in [0.29, 0.717) is 11.2 Å². The van der Waals surface area contributed by atoms with Crippen molar-refractivity contribution in [1.29, 1.82) is 0 Å². The Balaban J connectivity index is 1.58. The maximum Gasteiger partial charge on any atom is 0.271 e. The topological polar surface area (TPSA) is 105 Å². The van der Waals surface area contributed by atoms with Gasteiger partial charge < -0.3 is 0 Å². The fourth-order valence-electron chi connectivity index (χ4n) is 3.37. The third-order valence-electron chi connectivity index (χ3n) is 4.73. The van der Waals surface area contributed by atoms with Crippen molar-refractivity contribution in [3.8, 4) is 0 Å². The number of carbonyl (C=O) groups is 2. The Morgan fingerprint density at radius 3 is 3.00 bits per heavy atom. The van der Waals surface area contributed by atoms with Gasteiger partial charge >= 0.3 is 0 Å². The van der Waals surface area contributed by atoms with Crippen molar-refractivity contribution >= 4 is 40.1 Å². The number of thioether (sulfide) groups is 1. The zero-order valence-electron chi connectivity index (χ0n) is 15.3. The molecule has 1 fully saturated rings. The van der Waals surface area contributed by atoms with E-state index in [4.69, 9.17) is 0 Å². The lowest BCUT2D eigenvalue weighted by Gasteiger charge is -2.24. The van der Waals surface area contributed by atoms with E-state index < -0.39 is 11.3 Å². The van der Waals surface area contributed by atoms with Gasteiger partial charge in [0.2, 0.25) is 0 Å². The Morgan fingerprint density at radius 1 is 1.28 bits per heavy atom. The highest BCUT2D eigenvalue weighted by Gasteiger charge is 2.36. The maximum absolute atomic E-state index is 12.6. The van der Waals surface area contributed by atoms with Crippen LogP contribution in [0.1, 0.15) is 26.9 Å². The number of nitrogens with one attached hydrogen (secondary N) is 1. The molecule has 4 heterocycles. The highest BCUT2D eigenvalue weighted by atomic mass is 32.2. The smallest absolute Gasteiger partial charge is 0.271 e. The number of rotatable bonds is 3. The summed E-state index contributed by atoms with van der Waals surface area (Å²) in [4.78, 5) is 29.1. The van der Waals surface area contributed by atoms with Crippen LogP contribution >= 0.6 is 11.8 Å². The van der Waals surface area contributed by atoms with Crippen molar-refractivity contribution < 1.29 is 9.59 Å². The molecular formula is C19H15N7O2S. The molecule has 9 nitrogen and oxygen atoms in total. The number of aryl methyl sites for hydroxylation is 1. The summed E-state index contributed by atoms with van der Waals surface area (Å²) in [7, 11) is 0. The summed E-state index contributed by atoms with van der Waals surface area (Å²) in [5, 5.41) is 13.9. The molecule has 0 aliphatic carbocycles. The molecule has 3 aromatic heterocycles. The molecule has 0 bridgehead atoms. The molecule has 144 valence electrons. The molecule has 10 heteroatoms. The molecule has 1 N–H and O–H groups in total. The van der Waals surface area contributed by atoms with Gasteiger partial charge in [-0.05, 0) is 47.7 Å². The molecule has 2 amide bonds. The Bertz CT molecular complexity index is 1260. The summed E-state index contributed by atoms with van der Waals surface area (Å²) in [6.07, 6.45) is 3.04. The molecule has 1 unspecified atom stereocenters. The van der Waals surface area contributed by atoms with Gasteiger partial charge in [0.25, 0.3) is 11.8 Å². The highest BCUT2D eigenvalue weighted by Crippen LogP contribution is 2.40. The van der Waals surface area contributed by atoms with Crippen LogP contribution in [0, 0.1) is 6.92 Å². The normalized spacial score (nSPS) is 16.7. The third-order valence-corrected chi connectivity index (χ3v) is 5.92. The number of hydrazine groups is 1. The number of amides is 2.